The summed E-state index contributed by atoms with van der Waals surface area (Å²) in [4.78, 5) is 8.00. The molecule has 2 unspecified atom stereocenters. The molecule has 3 heterocycles. The highest BCUT2D eigenvalue weighted by Gasteiger charge is 2.33. The highest BCUT2D eigenvalue weighted by Crippen LogP contribution is 2.29. The third-order valence-electron chi connectivity index (χ3n) is 5.60. The van der Waals surface area contributed by atoms with E-state index >= 15 is 0 Å². The molecule has 3 saturated heterocycles. The first-order chi connectivity index (χ1) is 9.83. The van der Waals surface area contributed by atoms with Crippen molar-refractivity contribution in [1.29, 1.82) is 0 Å². The van der Waals surface area contributed by atoms with Gasteiger partial charge in [0.15, 0.2) is 0 Å². The monoisotopic (exact) mass is 280 g/mol. The molecule has 4 heteroatoms. The molecule has 3 rings (SSSR count). The second kappa shape index (κ2) is 7.21. The van der Waals surface area contributed by atoms with Crippen LogP contribution in [0.1, 0.15) is 25.7 Å². The summed E-state index contributed by atoms with van der Waals surface area (Å²) in [5.74, 6) is 0.938. The Kier molecular flexibility index (Phi) is 5.32. The van der Waals surface area contributed by atoms with Gasteiger partial charge in [0.1, 0.15) is 0 Å². The number of nitrogens with one attached hydrogen (secondary N) is 1. The van der Waals surface area contributed by atoms with Crippen LogP contribution in [0.3, 0.4) is 0 Å². The second-order valence-corrected chi connectivity index (χ2v) is 6.98. The minimum Gasteiger partial charge on any atom is -0.315 e. The Balaban J connectivity index is 1.42. The zero-order chi connectivity index (χ0) is 13.8. The molecule has 116 valence electrons. The van der Waals surface area contributed by atoms with Crippen LogP contribution in [0, 0.1) is 5.92 Å². The molecular weight excluding hydrogens is 248 g/mol. The van der Waals surface area contributed by atoms with Crippen molar-refractivity contribution >= 4 is 0 Å². The molecule has 4 nitrogen and oxygen atoms in total. The predicted molar refractivity (Wildman–Crippen MR) is 84.1 cm³/mol. The summed E-state index contributed by atoms with van der Waals surface area (Å²) in [6, 6.07) is 0.877. The second-order valence-electron chi connectivity index (χ2n) is 6.98. The fraction of sp³-hybridized carbons (Fsp3) is 1.00. The van der Waals surface area contributed by atoms with E-state index in [0.29, 0.717) is 0 Å². The number of fused-ring (bicyclic) bond motifs is 1. The van der Waals surface area contributed by atoms with Crippen LogP contribution in [0.4, 0.5) is 0 Å². The number of rotatable bonds is 3. The van der Waals surface area contributed by atoms with Gasteiger partial charge >= 0.3 is 0 Å². The smallest absolute Gasteiger partial charge is 0.0145 e. The van der Waals surface area contributed by atoms with E-state index in [9.17, 15) is 0 Å². The largest absolute Gasteiger partial charge is 0.315 e. The number of hydrogen-bond acceptors (Lipinski definition) is 4. The maximum absolute atomic E-state index is 3.50. The topological polar surface area (TPSA) is 21.8 Å². The van der Waals surface area contributed by atoms with Gasteiger partial charge in [0.05, 0.1) is 0 Å². The molecule has 1 N–H and O–H groups in total. The Bertz CT molecular complexity index is 288. The molecule has 0 spiro atoms. The van der Waals surface area contributed by atoms with Crippen LogP contribution in [-0.2, 0) is 0 Å². The number of likely N-dealkylation sites (tertiary alicyclic amines) is 2. The summed E-state index contributed by atoms with van der Waals surface area (Å²) in [6.45, 7) is 11.5. The van der Waals surface area contributed by atoms with Gasteiger partial charge in [0, 0.05) is 38.8 Å². The van der Waals surface area contributed by atoms with Crippen LogP contribution in [0.15, 0.2) is 0 Å². The Morgan fingerprint density at radius 3 is 2.75 bits per heavy atom. The van der Waals surface area contributed by atoms with Gasteiger partial charge < -0.3 is 20.0 Å². The fourth-order valence-electron chi connectivity index (χ4n) is 4.34. The van der Waals surface area contributed by atoms with E-state index in [2.05, 4.69) is 27.1 Å². The number of hydrogen-bond donors (Lipinski definition) is 1. The van der Waals surface area contributed by atoms with Crippen LogP contribution in [0.5, 0.6) is 0 Å². The van der Waals surface area contributed by atoms with E-state index in [-0.39, 0.29) is 0 Å². The molecule has 0 bridgehead atoms. The molecule has 3 aliphatic rings. The molecule has 0 radical (unpaired) electrons. The minimum absolute atomic E-state index is 0.877. The van der Waals surface area contributed by atoms with E-state index in [1.165, 1.54) is 84.6 Å². The Morgan fingerprint density at radius 1 is 0.900 bits per heavy atom. The van der Waals surface area contributed by atoms with Crippen molar-refractivity contribution in [2.45, 2.75) is 31.7 Å². The van der Waals surface area contributed by atoms with Crippen LogP contribution < -0.4 is 5.32 Å². The van der Waals surface area contributed by atoms with Gasteiger partial charge in [-0.1, -0.05) is 0 Å². The summed E-state index contributed by atoms with van der Waals surface area (Å²) in [6.07, 6.45) is 5.57. The standard InChI is InChI=1S/C16H32N4/c1-18-8-2-4-15-14-20(10-5-16(15)18)13-12-19-9-3-6-17-7-11-19/h15-17H,2-14H2,1H3. The third kappa shape index (κ3) is 3.73. The zero-order valence-corrected chi connectivity index (χ0v) is 13.2. The predicted octanol–water partition coefficient (Wildman–Crippen LogP) is 0.698. The lowest BCUT2D eigenvalue weighted by Crippen LogP contribution is -2.53. The summed E-state index contributed by atoms with van der Waals surface area (Å²) in [5, 5.41) is 3.50. The van der Waals surface area contributed by atoms with Crippen LogP contribution in [0.2, 0.25) is 0 Å². The van der Waals surface area contributed by atoms with E-state index < -0.39 is 0 Å². The van der Waals surface area contributed by atoms with Crippen LogP contribution in [0.25, 0.3) is 0 Å². The maximum Gasteiger partial charge on any atom is 0.0145 e. The third-order valence-corrected chi connectivity index (χ3v) is 5.60. The normalized spacial score (nSPS) is 34.6. The van der Waals surface area contributed by atoms with Crippen molar-refractivity contribution < 1.29 is 0 Å². The molecule has 3 aliphatic heterocycles. The number of piperidine rings is 2. The average molecular weight is 280 g/mol. The molecule has 0 aliphatic carbocycles. The minimum atomic E-state index is 0.877. The lowest BCUT2D eigenvalue weighted by atomic mass is 9.84. The van der Waals surface area contributed by atoms with Crippen molar-refractivity contribution in [3.8, 4) is 0 Å². The summed E-state index contributed by atoms with van der Waals surface area (Å²) >= 11 is 0. The van der Waals surface area contributed by atoms with Gasteiger partial charge in [-0.25, -0.2) is 0 Å². The first-order valence-electron chi connectivity index (χ1n) is 8.68. The van der Waals surface area contributed by atoms with Crippen molar-refractivity contribution in [2.75, 3.05) is 66.0 Å². The molecule has 2 atom stereocenters. The van der Waals surface area contributed by atoms with Gasteiger partial charge in [0.25, 0.3) is 0 Å². The van der Waals surface area contributed by atoms with Gasteiger partial charge in [-0.15, -0.1) is 0 Å². The van der Waals surface area contributed by atoms with Crippen LogP contribution >= 0.6 is 0 Å². The molecule has 20 heavy (non-hydrogen) atoms. The maximum atomic E-state index is 3.50. The van der Waals surface area contributed by atoms with E-state index in [4.69, 9.17) is 0 Å². The first kappa shape index (κ1) is 14.8. The average Bonchev–Trinajstić information content (AvgIpc) is 2.74. The highest BCUT2D eigenvalue weighted by molar-refractivity contribution is 4.89. The van der Waals surface area contributed by atoms with Crippen molar-refractivity contribution in [2.24, 2.45) is 5.92 Å². The van der Waals surface area contributed by atoms with Crippen molar-refractivity contribution in [3.05, 3.63) is 0 Å². The summed E-state index contributed by atoms with van der Waals surface area (Å²) in [5.41, 5.74) is 0. The van der Waals surface area contributed by atoms with Gasteiger partial charge in [-0.2, -0.15) is 0 Å². The van der Waals surface area contributed by atoms with E-state index in [1.54, 1.807) is 0 Å². The quantitative estimate of drug-likeness (QED) is 0.821. The SMILES string of the molecule is CN1CCCC2CN(CCN3CCCNCC3)CCC21. The number of nitrogens with zero attached hydrogens (tertiary/aromatic N) is 3. The molecule has 0 aromatic heterocycles. The van der Waals surface area contributed by atoms with Gasteiger partial charge in [-0.3, -0.25) is 0 Å². The Labute approximate surface area is 124 Å². The van der Waals surface area contributed by atoms with E-state index in [0.717, 1.165) is 12.0 Å². The summed E-state index contributed by atoms with van der Waals surface area (Å²) < 4.78 is 0. The molecule has 0 saturated carbocycles. The van der Waals surface area contributed by atoms with E-state index in [1.807, 2.05) is 0 Å². The van der Waals surface area contributed by atoms with Gasteiger partial charge in [-0.05, 0) is 64.8 Å². The Hall–Kier alpha value is -0.160. The van der Waals surface area contributed by atoms with Crippen molar-refractivity contribution in [1.82, 2.24) is 20.0 Å². The lowest BCUT2D eigenvalue weighted by Gasteiger charge is -2.46. The molecular formula is C16H32N4. The Morgan fingerprint density at radius 2 is 1.80 bits per heavy atom. The van der Waals surface area contributed by atoms with Crippen molar-refractivity contribution in [3.63, 3.8) is 0 Å². The molecule has 0 amide bonds. The molecule has 0 aromatic carbocycles. The molecule has 3 fully saturated rings. The zero-order valence-electron chi connectivity index (χ0n) is 13.2. The highest BCUT2D eigenvalue weighted by atomic mass is 15.2. The van der Waals surface area contributed by atoms with Gasteiger partial charge in [0.2, 0.25) is 0 Å². The molecule has 0 aromatic rings. The van der Waals surface area contributed by atoms with Crippen LogP contribution in [-0.4, -0.2) is 86.7 Å². The summed E-state index contributed by atoms with van der Waals surface area (Å²) in [7, 11) is 2.33. The first-order valence-corrected chi connectivity index (χ1v) is 8.68. The lowest BCUT2D eigenvalue weighted by molar-refractivity contribution is 0.0350. The fourth-order valence-corrected chi connectivity index (χ4v) is 4.34.